The highest BCUT2D eigenvalue weighted by Gasteiger charge is 2.43. The van der Waals surface area contributed by atoms with Crippen LogP contribution in [0.3, 0.4) is 0 Å². The van der Waals surface area contributed by atoms with E-state index in [1.165, 1.54) is 12.3 Å². The van der Waals surface area contributed by atoms with Crippen LogP contribution in [-0.2, 0) is 0 Å². The van der Waals surface area contributed by atoms with Crippen molar-refractivity contribution in [1.29, 1.82) is 0 Å². The number of rotatable bonds is 5. The minimum atomic E-state index is -1.08. The molecule has 0 atom stereocenters. The molecule has 2 amide bonds. The summed E-state index contributed by atoms with van der Waals surface area (Å²) in [6, 6.07) is 13.7. The highest BCUT2D eigenvalue weighted by molar-refractivity contribution is 6.00. The zero-order valence-electron chi connectivity index (χ0n) is 22.3. The lowest BCUT2D eigenvalue weighted by Gasteiger charge is -2.44. The SMILES string of the molecule is COc1cc(C(=O)N2CCC3(CC2)NC(=O)c2cc(-c4cncc(C(=O)O)c4)ccc2O3)nc2c(OC)cccc12. The van der Waals surface area contributed by atoms with Gasteiger partial charge in [-0.15, -0.1) is 0 Å². The second-order valence-electron chi connectivity index (χ2n) is 9.89. The minimum absolute atomic E-state index is 0.0534. The summed E-state index contributed by atoms with van der Waals surface area (Å²) in [5.74, 6) is -0.152. The molecule has 2 aliphatic heterocycles. The van der Waals surface area contributed by atoms with Crippen LogP contribution in [0, 0.1) is 0 Å². The van der Waals surface area contributed by atoms with Crippen molar-refractivity contribution in [3.63, 3.8) is 0 Å². The van der Waals surface area contributed by atoms with E-state index in [9.17, 15) is 19.5 Å². The maximum atomic E-state index is 13.5. The van der Waals surface area contributed by atoms with E-state index in [1.54, 1.807) is 55.6 Å². The number of carbonyl (C=O) groups is 3. The molecule has 11 heteroatoms. The lowest BCUT2D eigenvalue weighted by Crippen LogP contribution is -2.61. The number of aromatic nitrogens is 2. The molecule has 2 N–H and O–H groups in total. The minimum Gasteiger partial charge on any atom is -0.496 e. The Morgan fingerprint density at radius 3 is 2.51 bits per heavy atom. The molecule has 1 saturated heterocycles. The smallest absolute Gasteiger partial charge is 0.337 e. The van der Waals surface area contributed by atoms with Crippen LogP contribution < -0.4 is 19.5 Å². The first-order valence-electron chi connectivity index (χ1n) is 13.0. The first kappa shape index (κ1) is 26.1. The predicted octanol–water partition coefficient (Wildman–Crippen LogP) is 3.77. The standard InChI is InChI=1S/C30H26N4O7/c1-39-24-5-3-4-20-25(40-2)14-22(32-26(20)24)28(36)34-10-8-30(9-11-34)33-27(35)21-13-17(6-7-23(21)41-30)18-12-19(29(37)38)16-31-15-18/h3-7,12-16H,8-11H2,1-2H3,(H,33,35)(H,37,38). The molecule has 2 aromatic carbocycles. The fourth-order valence-corrected chi connectivity index (χ4v) is 5.30. The van der Waals surface area contributed by atoms with E-state index in [2.05, 4.69) is 15.3 Å². The molecule has 0 radical (unpaired) electrons. The van der Waals surface area contributed by atoms with E-state index in [-0.39, 0.29) is 23.1 Å². The van der Waals surface area contributed by atoms with Crippen molar-refractivity contribution >= 4 is 28.7 Å². The van der Waals surface area contributed by atoms with Crippen molar-refractivity contribution in [2.24, 2.45) is 0 Å². The second-order valence-corrected chi connectivity index (χ2v) is 9.89. The molecule has 11 nitrogen and oxygen atoms in total. The van der Waals surface area contributed by atoms with Gasteiger partial charge in [0.15, 0.2) is 5.72 Å². The van der Waals surface area contributed by atoms with Crippen molar-refractivity contribution in [2.45, 2.75) is 18.6 Å². The number of nitrogens with one attached hydrogen (secondary N) is 1. The van der Waals surface area contributed by atoms with Gasteiger partial charge in [-0.05, 0) is 35.9 Å². The number of hydrogen-bond donors (Lipinski definition) is 2. The van der Waals surface area contributed by atoms with Crippen molar-refractivity contribution < 1.29 is 33.7 Å². The van der Waals surface area contributed by atoms with Gasteiger partial charge >= 0.3 is 5.97 Å². The van der Waals surface area contributed by atoms with Crippen molar-refractivity contribution in [3.8, 4) is 28.4 Å². The average Bonchev–Trinajstić information content (AvgIpc) is 3.00. The van der Waals surface area contributed by atoms with E-state index in [4.69, 9.17) is 14.2 Å². The molecule has 4 aromatic rings. The lowest BCUT2D eigenvalue weighted by molar-refractivity contribution is -0.0246. The summed E-state index contributed by atoms with van der Waals surface area (Å²) in [6.45, 7) is 0.683. The summed E-state index contributed by atoms with van der Waals surface area (Å²) >= 11 is 0. The molecule has 208 valence electrons. The van der Waals surface area contributed by atoms with Crippen molar-refractivity contribution in [1.82, 2.24) is 20.2 Å². The fourth-order valence-electron chi connectivity index (χ4n) is 5.30. The number of aromatic carboxylic acids is 1. The molecule has 0 bridgehead atoms. The third-order valence-corrected chi connectivity index (χ3v) is 7.47. The molecule has 41 heavy (non-hydrogen) atoms. The molecular weight excluding hydrogens is 528 g/mol. The van der Waals surface area contributed by atoms with Gasteiger partial charge < -0.3 is 29.5 Å². The molecule has 2 aromatic heterocycles. The number of fused-ring (bicyclic) bond motifs is 2. The summed E-state index contributed by atoms with van der Waals surface area (Å²) < 4.78 is 17.3. The number of carboxylic acid groups (broad SMARTS) is 1. The van der Waals surface area contributed by atoms with Crippen LogP contribution >= 0.6 is 0 Å². The van der Waals surface area contributed by atoms with Crippen LogP contribution in [0.4, 0.5) is 0 Å². The van der Waals surface area contributed by atoms with E-state index >= 15 is 0 Å². The van der Waals surface area contributed by atoms with Gasteiger partial charge in [-0.25, -0.2) is 9.78 Å². The fraction of sp³-hybridized carbons (Fsp3) is 0.233. The number of benzene rings is 2. The monoisotopic (exact) mass is 554 g/mol. The molecule has 4 heterocycles. The quantitative estimate of drug-likeness (QED) is 0.377. The van der Waals surface area contributed by atoms with E-state index in [0.717, 1.165) is 5.39 Å². The van der Waals surface area contributed by atoms with Gasteiger partial charge in [-0.3, -0.25) is 14.6 Å². The topological polar surface area (TPSA) is 140 Å². The van der Waals surface area contributed by atoms with Crippen LogP contribution in [0.1, 0.15) is 44.0 Å². The van der Waals surface area contributed by atoms with Gasteiger partial charge in [0.25, 0.3) is 11.8 Å². The summed E-state index contributed by atoms with van der Waals surface area (Å²) in [6.07, 6.45) is 3.57. The van der Waals surface area contributed by atoms with Gasteiger partial charge in [0, 0.05) is 55.3 Å². The molecule has 0 aliphatic carbocycles. The second kappa shape index (κ2) is 10.1. The van der Waals surface area contributed by atoms with Gasteiger partial charge in [0.2, 0.25) is 0 Å². The lowest BCUT2D eigenvalue weighted by atomic mass is 9.95. The zero-order valence-corrected chi connectivity index (χ0v) is 22.3. The zero-order chi connectivity index (χ0) is 28.7. The molecular formula is C30H26N4O7. The Kier molecular flexibility index (Phi) is 6.41. The summed E-state index contributed by atoms with van der Waals surface area (Å²) in [4.78, 5) is 48.3. The first-order chi connectivity index (χ1) is 19.8. The number of ether oxygens (including phenoxy) is 3. The van der Waals surface area contributed by atoms with E-state index in [0.29, 0.717) is 65.4 Å². The van der Waals surface area contributed by atoms with Crippen molar-refractivity contribution in [2.75, 3.05) is 27.3 Å². The summed E-state index contributed by atoms with van der Waals surface area (Å²) in [7, 11) is 3.09. The van der Waals surface area contributed by atoms with E-state index < -0.39 is 11.7 Å². The van der Waals surface area contributed by atoms with Gasteiger partial charge in [0.1, 0.15) is 28.5 Å². The van der Waals surface area contributed by atoms with Crippen LogP contribution in [0.25, 0.3) is 22.0 Å². The molecule has 0 unspecified atom stereocenters. The van der Waals surface area contributed by atoms with Crippen LogP contribution in [-0.4, -0.2) is 70.8 Å². The average molecular weight is 555 g/mol. The van der Waals surface area contributed by atoms with Crippen LogP contribution in [0.5, 0.6) is 17.2 Å². The number of hydrogen-bond acceptors (Lipinski definition) is 8. The maximum absolute atomic E-state index is 13.5. The third-order valence-electron chi connectivity index (χ3n) is 7.47. The Morgan fingerprint density at radius 1 is 1.00 bits per heavy atom. The van der Waals surface area contributed by atoms with Crippen molar-refractivity contribution in [3.05, 3.63) is 77.7 Å². The Bertz CT molecular complexity index is 1710. The summed E-state index contributed by atoms with van der Waals surface area (Å²) in [5, 5.41) is 13.0. The molecule has 1 spiro atoms. The van der Waals surface area contributed by atoms with Crippen LogP contribution in [0.2, 0.25) is 0 Å². The number of methoxy groups -OCH3 is 2. The summed E-state index contributed by atoms with van der Waals surface area (Å²) in [5.41, 5.74) is 1.43. The Balaban J connectivity index is 1.20. The normalized spacial score (nSPS) is 15.6. The molecule has 0 saturated carbocycles. The number of likely N-dealkylation sites (tertiary alicyclic amines) is 1. The number of pyridine rings is 2. The van der Waals surface area contributed by atoms with Crippen LogP contribution in [0.15, 0.2) is 60.9 Å². The van der Waals surface area contributed by atoms with Gasteiger partial charge in [-0.1, -0.05) is 12.1 Å². The first-order valence-corrected chi connectivity index (χ1v) is 13.0. The molecule has 1 fully saturated rings. The number of amides is 2. The Morgan fingerprint density at radius 2 is 1.78 bits per heavy atom. The van der Waals surface area contributed by atoms with Gasteiger partial charge in [-0.2, -0.15) is 0 Å². The highest BCUT2D eigenvalue weighted by Crippen LogP contribution is 2.37. The molecule has 2 aliphatic rings. The number of para-hydroxylation sites is 1. The Labute approximate surface area is 234 Å². The van der Waals surface area contributed by atoms with Gasteiger partial charge in [0.05, 0.1) is 25.3 Å². The number of carboxylic acids is 1. The largest absolute Gasteiger partial charge is 0.496 e. The number of piperidine rings is 1. The number of nitrogens with zero attached hydrogens (tertiary/aromatic N) is 3. The Hall–Kier alpha value is -5.19. The molecule has 6 rings (SSSR count). The van der Waals surface area contributed by atoms with E-state index in [1.807, 2.05) is 12.1 Å². The number of carbonyl (C=O) groups excluding carboxylic acids is 2. The third kappa shape index (κ3) is 4.65. The maximum Gasteiger partial charge on any atom is 0.337 e. The predicted molar refractivity (Wildman–Crippen MR) is 147 cm³/mol. The highest BCUT2D eigenvalue weighted by atomic mass is 16.5.